The van der Waals surface area contributed by atoms with Crippen LogP contribution in [0.3, 0.4) is 0 Å². The lowest BCUT2D eigenvalue weighted by molar-refractivity contribution is -0.140. The highest BCUT2D eigenvalue weighted by Gasteiger charge is 2.09. The predicted octanol–water partition coefficient (Wildman–Crippen LogP) is 5.89. The molecule has 8 heteroatoms. The molecule has 8 nitrogen and oxygen atoms in total. The zero-order valence-corrected chi connectivity index (χ0v) is 22.2. The molecule has 0 saturated heterocycles. The number of ether oxygens (including phenoxy) is 2. The van der Waals surface area contributed by atoms with Crippen LogP contribution >= 0.6 is 0 Å². The first-order chi connectivity index (χ1) is 17.2. The molecular formula is C28H44O8. The van der Waals surface area contributed by atoms with E-state index >= 15 is 0 Å². The Hall–Kier alpha value is -3.16. The maximum Gasteiger partial charge on any atom is 0.330 e. The number of carbonyl (C=O) groups excluding carboxylic acids is 2. The standard InChI is InChI=1S/C22H38O4.C6H6O4/c1-5-9-13-19(7-3)17-25-21(23)15-11-12-16-22(24)26-18-20(8-4)14-10-6-2;7-5(8)3-1-2-4-6(9)10/h11-12,15-16,19-20H,5-10,13-14,17-18H2,1-4H3;1-4H,(H,7,8)(H,9,10)/b15-11+,16-12+;3-1+,4-2+. The van der Waals surface area contributed by atoms with Crippen LogP contribution in [0.1, 0.15) is 79.1 Å². The number of aliphatic carboxylic acids is 2. The van der Waals surface area contributed by atoms with Gasteiger partial charge in [-0.2, -0.15) is 0 Å². The van der Waals surface area contributed by atoms with E-state index in [2.05, 4.69) is 27.7 Å². The van der Waals surface area contributed by atoms with Gasteiger partial charge in [-0.1, -0.05) is 90.5 Å². The van der Waals surface area contributed by atoms with Crippen molar-refractivity contribution in [2.24, 2.45) is 11.8 Å². The van der Waals surface area contributed by atoms with Crippen LogP contribution in [-0.2, 0) is 28.7 Å². The number of allylic oxidation sites excluding steroid dienone is 4. The first-order valence-electron chi connectivity index (χ1n) is 12.7. The normalized spacial score (nSPS) is 13.0. The monoisotopic (exact) mass is 508 g/mol. The van der Waals surface area contributed by atoms with Gasteiger partial charge < -0.3 is 19.7 Å². The quantitative estimate of drug-likeness (QED) is 0.133. The van der Waals surface area contributed by atoms with E-state index in [0.29, 0.717) is 25.0 Å². The molecule has 0 aromatic heterocycles. The minimum absolute atomic E-state index is 0.372. The number of carbonyl (C=O) groups is 4. The molecule has 2 N–H and O–H groups in total. The highest BCUT2D eigenvalue weighted by atomic mass is 16.5. The molecule has 0 radical (unpaired) electrons. The summed E-state index contributed by atoms with van der Waals surface area (Å²) in [6.45, 7) is 9.47. The summed E-state index contributed by atoms with van der Waals surface area (Å²) in [6, 6.07) is 0. The topological polar surface area (TPSA) is 127 Å². The average molecular weight is 509 g/mol. The highest BCUT2D eigenvalue weighted by Crippen LogP contribution is 2.13. The Balaban J connectivity index is 0. The first-order valence-corrected chi connectivity index (χ1v) is 12.7. The van der Waals surface area contributed by atoms with Gasteiger partial charge in [0.2, 0.25) is 0 Å². The number of carboxylic acids is 2. The minimum Gasteiger partial charge on any atom is -0.478 e. The third kappa shape index (κ3) is 25.5. The van der Waals surface area contributed by atoms with E-state index in [0.717, 1.165) is 75.7 Å². The van der Waals surface area contributed by atoms with E-state index in [9.17, 15) is 19.2 Å². The second-order valence-corrected chi connectivity index (χ2v) is 8.21. The maximum atomic E-state index is 11.7. The summed E-state index contributed by atoms with van der Waals surface area (Å²) in [4.78, 5) is 42.9. The van der Waals surface area contributed by atoms with Gasteiger partial charge in [0.25, 0.3) is 0 Å². The van der Waals surface area contributed by atoms with Crippen molar-refractivity contribution < 1.29 is 38.9 Å². The summed E-state index contributed by atoms with van der Waals surface area (Å²) in [6.07, 6.45) is 18.5. The van der Waals surface area contributed by atoms with Gasteiger partial charge in [0.15, 0.2) is 0 Å². The van der Waals surface area contributed by atoms with E-state index in [-0.39, 0.29) is 11.9 Å². The Morgan fingerprint density at radius 1 is 0.611 bits per heavy atom. The molecule has 36 heavy (non-hydrogen) atoms. The number of carboxylic acid groups (broad SMARTS) is 2. The molecule has 0 bridgehead atoms. The maximum absolute atomic E-state index is 11.7. The van der Waals surface area contributed by atoms with Crippen molar-refractivity contribution in [3.63, 3.8) is 0 Å². The van der Waals surface area contributed by atoms with Gasteiger partial charge in [-0.25, -0.2) is 19.2 Å². The number of rotatable bonds is 18. The number of esters is 2. The summed E-state index contributed by atoms with van der Waals surface area (Å²) in [7, 11) is 0. The van der Waals surface area contributed by atoms with Crippen LogP contribution < -0.4 is 0 Å². The molecule has 0 saturated carbocycles. The molecule has 0 spiro atoms. The Kier molecular flexibility index (Phi) is 24.3. The lowest BCUT2D eigenvalue weighted by Crippen LogP contribution is -2.12. The van der Waals surface area contributed by atoms with Gasteiger partial charge >= 0.3 is 23.9 Å². The summed E-state index contributed by atoms with van der Waals surface area (Å²) in [5.41, 5.74) is 0. The van der Waals surface area contributed by atoms with Crippen LogP contribution in [-0.4, -0.2) is 47.3 Å². The van der Waals surface area contributed by atoms with E-state index in [1.165, 1.54) is 24.3 Å². The molecule has 0 aromatic carbocycles. The molecule has 0 aliphatic carbocycles. The van der Waals surface area contributed by atoms with Gasteiger partial charge in [0, 0.05) is 24.3 Å². The SMILES string of the molecule is CCCCC(CC)COC(=O)/C=C/C=C/C(=O)OCC(CC)CCCC.O=C(O)/C=C/C=C/C(=O)O. The van der Waals surface area contributed by atoms with Crippen LogP contribution in [0.15, 0.2) is 48.6 Å². The van der Waals surface area contributed by atoms with Crippen LogP contribution in [0.2, 0.25) is 0 Å². The smallest absolute Gasteiger partial charge is 0.330 e. The van der Waals surface area contributed by atoms with Crippen LogP contribution in [0, 0.1) is 11.8 Å². The Morgan fingerprint density at radius 2 is 0.944 bits per heavy atom. The highest BCUT2D eigenvalue weighted by molar-refractivity contribution is 5.84. The van der Waals surface area contributed by atoms with Crippen molar-refractivity contribution in [1.29, 1.82) is 0 Å². The van der Waals surface area contributed by atoms with Gasteiger partial charge in [-0.05, 0) is 24.7 Å². The van der Waals surface area contributed by atoms with Crippen LogP contribution in [0.4, 0.5) is 0 Å². The van der Waals surface area contributed by atoms with E-state index in [4.69, 9.17) is 19.7 Å². The fourth-order valence-electron chi connectivity index (χ4n) is 2.84. The fourth-order valence-corrected chi connectivity index (χ4v) is 2.84. The summed E-state index contributed by atoms with van der Waals surface area (Å²) in [5.74, 6) is -2.09. The number of hydrogen-bond acceptors (Lipinski definition) is 6. The Labute approximate surface area is 215 Å². The minimum atomic E-state index is -1.10. The molecule has 2 atom stereocenters. The first kappa shape index (κ1) is 35.0. The molecule has 0 aromatic rings. The van der Waals surface area contributed by atoms with Gasteiger partial charge in [-0.3, -0.25) is 0 Å². The zero-order valence-electron chi connectivity index (χ0n) is 22.2. The Morgan fingerprint density at radius 3 is 1.22 bits per heavy atom. The molecule has 204 valence electrons. The van der Waals surface area contributed by atoms with Crippen molar-refractivity contribution in [3.8, 4) is 0 Å². The van der Waals surface area contributed by atoms with Crippen molar-refractivity contribution >= 4 is 23.9 Å². The van der Waals surface area contributed by atoms with Crippen molar-refractivity contribution in [2.75, 3.05) is 13.2 Å². The lowest BCUT2D eigenvalue weighted by Gasteiger charge is -2.13. The summed E-state index contributed by atoms with van der Waals surface area (Å²) >= 11 is 0. The second kappa shape index (κ2) is 24.9. The van der Waals surface area contributed by atoms with E-state index < -0.39 is 11.9 Å². The fraction of sp³-hybridized carbons (Fsp3) is 0.571. The number of hydrogen-bond donors (Lipinski definition) is 2. The second-order valence-electron chi connectivity index (χ2n) is 8.21. The summed E-state index contributed by atoms with van der Waals surface area (Å²) in [5, 5.41) is 16.0. The Bertz CT molecular complexity index is 672. The summed E-state index contributed by atoms with van der Waals surface area (Å²) < 4.78 is 10.5. The van der Waals surface area contributed by atoms with Crippen molar-refractivity contribution in [3.05, 3.63) is 48.6 Å². The molecule has 0 aliphatic rings. The van der Waals surface area contributed by atoms with Gasteiger partial charge in [0.05, 0.1) is 13.2 Å². The molecule has 0 rings (SSSR count). The zero-order chi connectivity index (χ0) is 27.6. The van der Waals surface area contributed by atoms with Gasteiger partial charge in [-0.15, -0.1) is 0 Å². The van der Waals surface area contributed by atoms with Gasteiger partial charge in [0.1, 0.15) is 0 Å². The third-order valence-corrected chi connectivity index (χ3v) is 5.17. The largest absolute Gasteiger partial charge is 0.478 e. The van der Waals surface area contributed by atoms with E-state index in [1.807, 2.05) is 0 Å². The number of unbranched alkanes of at least 4 members (excludes halogenated alkanes) is 2. The van der Waals surface area contributed by atoms with Crippen LogP contribution in [0.5, 0.6) is 0 Å². The lowest BCUT2D eigenvalue weighted by atomic mass is 10.0. The predicted molar refractivity (Wildman–Crippen MR) is 140 cm³/mol. The molecular weight excluding hydrogens is 464 g/mol. The molecule has 0 aliphatic heterocycles. The molecule has 0 heterocycles. The molecule has 2 unspecified atom stereocenters. The molecule has 0 fully saturated rings. The third-order valence-electron chi connectivity index (χ3n) is 5.17. The van der Waals surface area contributed by atoms with Crippen LogP contribution in [0.25, 0.3) is 0 Å². The average Bonchev–Trinajstić information content (AvgIpc) is 2.85. The van der Waals surface area contributed by atoms with E-state index in [1.54, 1.807) is 0 Å². The van der Waals surface area contributed by atoms with Crippen molar-refractivity contribution in [2.45, 2.75) is 79.1 Å². The van der Waals surface area contributed by atoms with Crippen molar-refractivity contribution in [1.82, 2.24) is 0 Å². The molecule has 0 amide bonds.